The van der Waals surface area contributed by atoms with E-state index in [1.807, 2.05) is 36.4 Å². The normalized spacial score (nSPS) is 15.3. The summed E-state index contributed by atoms with van der Waals surface area (Å²) in [6, 6.07) is 10.4. The molecular formula is C18H26N2. The van der Waals surface area contributed by atoms with Gasteiger partial charge in [-0.3, -0.25) is 4.90 Å². The first-order chi connectivity index (χ1) is 9.60. The maximum absolute atomic E-state index is 6.75. The first kappa shape index (κ1) is 16.4. The highest BCUT2D eigenvalue weighted by Crippen LogP contribution is 2.29. The zero-order valence-electron chi connectivity index (χ0n) is 12.5. The fourth-order valence-electron chi connectivity index (χ4n) is 2.57. The van der Waals surface area contributed by atoms with E-state index < -0.39 is 5.54 Å². The maximum Gasteiger partial charge on any atom is 0.0599 e. The van der Waals surface area contributed by atoms with Crippen molar-refractivity contribution < 1.29 is 0 Å². The van der Waals surface area contributed by atoms with Crippen molar-refractivity contribution in [2.75, 3.05) is 13.1 Å². The van der Waals surface area contributed by atoms with Crippen molar-refractivity contribution >= 4 is 0 Å². The summed E-state index contributed by atoms with van der Waals surface area (Å²) in [5.74, 6) is 0. The molecule has 0 aromatic heterocycles. The highest BCUT2D eigenvalue weighted by atomic mass is 15.2. The number of rotatable bonds is 9. The first-order valence-electron chi connectivity index (χ1n) is 7.01. The molecule has 0 aliphatic heterocycles. The first-order valence-corrected chi connectivity index (χ1v) is 7.01. The van der Waals surface area contributed by atoms with Gasteiger partial charge in [0.1, 0.15) is 0 Å². The Morgan fingerprint density at radius 2 is 1.65 bits per heavy atom. The predicted molar refractivity (Wildman–Crippen MR) is 88.6 cm³/mol. The monoisotopic (exact) mass is 270 g/mol. The number of nitrogens with two attached hydrogens (primary N) is 1. The summed E-state index contributed by atoms with van der Waals surface area (Å²) in [4.78, 5) is 2.27. The summed E-state index contributed by atoms with van der Waals surface area (Å²) in [6.07, 6.45) is 6.42. The second-order valence-electron chi connectivity index (χ2n) is 5.11. The summed E-state index contributed by atoms with van der Waals surface area (Å²) in [5.41, 5.74) is 7.42. The lowest BCUT2D eigenvalue weighted by Gasteiger charge is -2.41. The van der Waals surface area contributed by atoms with Crippen LogP contribution in [0.1, 0.15) is 18.9 Å². The zero-order chi connectivity index (χ0) is 15.0. The van der Waals surface area contributed by atoms with E-state index in [0.717, 1.165) is 25.1 Å². The molecule has 0 saturated carbocycles. The van der Waals surface area contributed by atoms with Crippen LogP contribution in [0, 0.1) is 0 Å². The zero-order valence-corrected chi connectivity index (χ0v) is 12.5. The second kappa shape index (κ2) is 7.83. The molecule has 20 heavy (non-hydrogen) atoms. The van der Waals surface area contributed by atoms with Crippen molar-refractivity contribution in [2.45, 2.75) is 24.9 Å². The van der Waals surface area contributed by atoms with Crippen molar-refractivity contribution in [1.82, 2.24) is 4.90 Å². The van der Waals surface area contributed by atoms with Crippen molar-refractivity contribution in [3.8, 4) is 0 Å². The van der Waals surface area contributed by atoms with Crippen LogP contribution in [-0.2, 0) is 5.54 Å². The summed E-state index contributed by atoms with van der Waals surface area (Å²) >= 11 is 0. The molecule has 0 heterocycles. The molecule has 1 aromatic rings. The Bertz CT molecular complexity index is 428. The fraction of sp³-hybridized carbons (Fsp3) is 0.333. The van der Waals surface area contributed by atoms with Crippen LogP contribution in [0.25, 0.3) is 0 Å². The lowest BCUT2D eigenvalue weighted by Crippen LogP contribution is -2.54. The Morgan fingerprint density at radius 3 is 2.10 bits per heavy atom. The molecule has 2 heteroatoms. The number of nitrogens with zero attached hydrogens (tertiary/aromatic N) is 1. The number of benzene rings is 1. The van der Waals surface area contributed by atoms with Crippen molar-refractivity contribution in [2.24, 2.45) is 5.73 Å². The van der Waals surface area contributed by atoms with Crippen LogP contribution in [0.5, 0.6) is 0 Å². The van der Waals surface area contributed by atoms with Crippen LogP contribution in [0.4, 0.5) is 0 Å². The largest absolute Gasteiger partial charge is 0.320 e. The predicted octanol–water partition coefficient (Wildman–Crippen LogP) is 3.48. The van der Waals surface area contributed by atoms with Gasteiger partial charge in [-0.15, -0.1) is 19.7 Å². The van der Waals surface area contributed by atoms with Gasteiger partial charge in [0.2, 0.25) is 0 Å². The Morgan fingerprint density at radius 1 is 1.10 bits per heavy atom. The topological polar surface area (TPSA) is 29.3 Å². The van der Waals surface area contributed by atoms with Gasteiger partial charge in [0, 0.05) is 19.1 Å². The molecule has 0 bridgehead atoms. The van der Waals surface area contributed by atoms with E-state index in [-0.39, 0.29) is 6.04 Å². The molecule has 0 aliphatic rings. The Balaban J connectivity index is 3.13. The third-order valence-electron chi connectivity index (χ3n) is 3.81. The molecule has 0 spiro atoms. The van der Waals surface area contributed by atoms with Crippen LogP contribution in [0.15, 0.2) is 68.3 Å². The van der Waals surface area contributed by atoms with Gasteiger partial charge in [0.25, 0.3) is 0 Å². The summed E-state index contributed by atoms with van der Waals surface area (Å²) in [7, 11) is 0. The second-order valence-corrected chi connectivity index (χ2v) is 5.11. The van der Waals surface area contributed by atoms with Crippen LogP contribution in [-0.4, -0.2) is 24.0 Å². The molecule has 2 N–H and O–H groups in total. The highest BCUT2D eigenvalue weighted by Gasteiger charge is 2.35. The maximum atomic E-state index is 6.75. The molecule has 0 fully saturated rings. The number of hydrogen-bond donors (Lipinski definition) is 1. The molecular weight excluding hydrogens is 244 g/mol. The van der Waals surface area contributed by atoms with Gasteiger partial charge >= 0.3 is 0 Å². The van der Waals surface area contributed by atoms with Gasteiger partial charge in [-0.25, -0.2) is 0 Å². The Hall–Kier alpha value is -1.64. The molecule has 108 valence electrons. The summed E-state index contributed by atoms with van der Waals surface area (Å²) in [6.45, 7) is 15.3. The van der Waals surface area contributed by atoms with E-state index in [1.54, 1.807) is 0 Å². The molecule has 0 radical (unpaired) electrons. The molecule has 2 unspecified atom stereocenters. The molecule has 1 rings (SSSR count). The fourth-order valence-corrected chi connectivity index (χ4v) is 2.57. The average Bonchev–Trinajstić information content (AvgIpc) is 2.47. The van der Waals surface area contributed by atoms with E-state index in [2.05, 4.69) is 43.7 Å². The van der Waals surface area contributed by atoms with Gasteiger partial charge < -0.3 is 5.73 Å². The van der Waals surface area contributed by atoms with Crippen LogP contribution in [0.3, 0.4) is 0 Å². The molecule has 0 aliphatic carbocycles. The minimum Gasteiger partial charge on any atom is -0.320 e. The van der Waals surface area contributed by atoms with Crippen molar-refractivity contribution in [1.29, 1.82) is 0 Å². The molecule has 0 amide bonds. The number of hydrogen-bond acceptors (Lipinski definition) is 2. The van der Waals surface area contributed by atoms with Crippen LogP contribution in [0.2, 0.25) is 0 Å². The van der Waals surface area contributed by atoms with E-state index in [1.165, 1.54) is 0 Å². The van der Waals surface area contributed by atoms with Crippen LogP contribution >= 0.6 is 0 Å². The highest BCUT2D eigenvalue weighted by molar-refractivity contribution is 5.27. The SMILES string of the molecule is C=CCN(CC=C)C(C)C(N)(CC=C)c1ccccc1. The van der Waals surface area contributed by atoms with E-state index in [9.17, 15) is 0 Å². The lowest BCUT2D eigenvalue weighted by atomic mass is 9.80. The minimum absolute atomic E-state index is 0.152. The average molecular weight is 270 g/mol. The van der Waals surface area contributed by atoms with Gasteiger partial charge in [-0.2, -0.15) is 0 Å². The lowest BCUT2D eigenvalue weighted by molar-refractivity contribution is 0.159. The summed E-state index contributed by atoms with van der Waals surface area (Å²) in [5, 5.41) is 0. The summed E-state index contributed by atoms with van der Waals surface area (Å²) < 4.78 is 0. The Kier molecular flexibility index (Phi) is 6.43. The minimum atomic E-state index is -0.463. The van der Waals surface area contributed by atoms with Gasteiger partial charge in [-0.1, -0.05) is 48.6 Å². The molecule has 1 aromatic carbocycles. The van der Waals surface area contributed by atoms with Crippen molar-refractivity contribution in [3.05, 3.63) is 73.9 Å². The smallest absolute Gasteiger partial charge is 0.0599 e. The molecule has 2 nitrogen and oxygen atoms in total. The Labute approximate surface area is 123 Å². The van der Waals surface area contributed by atoms with Crippen LogP contribution < -0.4 is 5.73 Å². The van der Waals surface area contributed by atoms with E-state index in [4.69, 9.17) is 5.73 Å². The van der Waals surface area contributed by atoms with Gasteiger partial charge in [-0.05, 0) is 18.9 Å². The third-order valence-corrected chi connectivity index (χ3v) is 3.81. The standard InChI is InChI=1S/C18H26N2/c1-5-13-18(19,17-11-9-8-10-12-17)16(4)20(14-6-2)15-7-3/h5-12,16H,1-3,13-15,19H2,4H3. The third kappa shape index (κ3) is 3.69. The van der Waals surface area contributed by atoms with E-state index >= 15 is 0 Å². The van der Waals surface area contributed by atoms with Gasteiger partial charge in [0.05, 0.1) is 5.54 Å². The molecule has 0 saturated heterocycles. The van der Waals surface area contributed by atoms with Gasteiger partial charge in [0.15, 0.2) is 0 Å². The van der Waals surface area contributed by atoms with E-state index in [0.29, 0.717) is 0 Å². The molecule has 2 atom stereocenters. The van der Waals surface area contributed by atoms with Crippen molar-refractivity contribution in [3.63, 3.8) is 0 Å². The quantitative estimate of drug-likeness (QED) is 0.696.